The number of hydrogen-bond acceptors (Lipinski definition) is 3. The van der Waals surface area contributed by atoms with E-state index in [0.29, 0.717) is 0 Å². The van der Waals surface area contributed by atoms with Crippen molar-refractivity contribution in [3.63, 3.8) is 0 Å². The second-order valence-corrected chi connectivity index (χ2v) is 5.28. The second-order valence-electron chi connectivity index (χ2n) is 5.28. The van der Waals surface area contributed by atoms with Gasteiger partial charge in [-0.15, -0.1) is 0 Å². The Bertz CT molecular complexity index is 791. The first-order valence-corrected chi connectivity index (χ1v) is 7.01. The SMILES string of the molecule is CC(N[C@H](C)c1cccnc1)c1ccc2[nH]c(=O)[nH]c2c1. The smallest absolute Gasteiger partial charge is 0.306 e. The van der Waals surface area contributed by atoms with Crippen LogP contribution >= 0.6 is 0 Å². The van der Waals surface area contributed by atoms with Gasteiger partial charge >= 0.3 is 5.69 Å². The van der Waals surface area contributed by atoms with Crippen LogP contribution in [-0.4, -0.2) is 15.0 Å². The minimum absolute atomic E-state index is 0.169. The Labute approximate surface area is 122 Å². The summed E-state index contributed by atoms with van der Waals surface area (Å²) in [6.07, 6.45) is 3.65. The van der Waals surface area contributed by atoms with Gasteiger partial charge in [0.05, 0.1) is 11.0 Å². The fourth-order valence-electron chi connectivity index (χ4n) is 2.52. The molecule has 0 bridgehead atoms. The van der Waals surface area contributed by atoms with Crippen molar-refractivity contribution < 1.29 is 0 Å². The van der Waals surface area contributed by atoms with Gasteiger partial charge < -0.3 is 15.3 Å². The third kappa shape index (κ3) is 2.87. The van der Waals surface area contributed by atoms with Gasteiger partial charge in [0.1, 0.15) is 0 Å². The Balaban J connectivity index is 1.80. The average molecular weight is 282 g/mol. The van der Waals surface area contributed by atoms with Crippen LogP contribution in [0.1, 0.15) is 37.1 Å². The largest absolute Gasteiger partial charge is 0.323 e. The van der Waals surface area contributed by atoms with Crippen molar-refractivity contribution in [2.45, 2.75) is 25.9 Å². The van der Waals surface area contributed by atoms with Gasteiger partial charge in [0.25, 0.3) is 0 Å². The summed E-state index contributed by atoms with van der Waals surface area (Å²) in [4.78, 5) is 21.0. The summed E-state index contributed by atoms with van der Waals surface area (Å²) < 4.78 is 0. The number of rotatable bonds is 4. The molecule has 1 unspecified atom stereocenters. The molecule has 0 aliphatic heterocycles. The number of imidazole rings is 1. The van der Waals surface area contributed by atoms with E-state index in [2.05, 4.69) is 40.2 Å². The summed E-state index contributed by atoms with van der Waals surface area (Å²) in [5, 5.41) is 3.54. The van der Waals surface area contributed by atoms with Crippen LogP contribution in [0.2, 0.25) is 0 Å². The highest BCUT2D eigenvalue weighted by Gasteiger charge is 2.12. The van der Waals surface area contributed by atoms with Crippen LogP contribution in [0.15, 0.2) is 47.5 Å². The lowest BCUT2D eigenvalue weighted by Crippen LogP contribution is -2.22. The molecular weight excluding hydrogens is 264 g/mol. The Morgan fingerprint density at radius 1 is 1.05 bits per heavy atom. The summed E-state index contributed by atoms with van der Waals surface area (Å²) in [7, 11) is 0. The molecule has 5 heteroatoms. The topological polar surface area (TPSA) is 73.6 Å². The molecule has 21 heavy (non-hydrogen) atoms. The second kappa shape index (κ2) is 5.54. The van der Waals surface area contributed by atoms with Crippen LogP contribution in [-0.2, 0) is 0 Å². The number of pyridine rings is 1. The van der Waals surface area contributed by atoms with Crippen molar-refractivity contribution in [2.24, 2.45) is 0 Å². The molecular formula is C16H18N4O. The molecule has 3 aromatic rings. The maximum atomic E-state index is 11.3. The molecule has 0 aliphatic carbocycles. The zero-order chi connectivity index (χ0) is 14.8. The molecule has 2 atom stereocenters. The van der Waals surface area contributed by atoms with Crippen LogP contribution in [0.3, 0.4) is 0 Å². The van der Waals surface area contributed by atoms with Crippen molar-refractivity contribution >= 4 is 11.0 Å². The number of H-pyrrole nitrogens is 2. The molecule has 1 aromatic carbocycles. The van der Waals surface area contributed by atoms with E-state index in [1.807, 2.05) is 30.5 Å². The third-order valence-corrected chi connectivity index (χ3v) is 3.72. The van der Waals surface area contributed by atoms with Crippen molar-refractivity contribution in [2.75, 3.05) is 0 Å². The normalized spacial score (nSPS) is 14.2. The molecule has 0 fully saturated rings. The lowest BCUT2D eigenvalue weighted by Gasteiger charge is -2.20. The maximum Gasteiger partial charge on any atom is 0.323 e. The van der Waals surface area contributed by atoms with E-state index in [4.69, 9.17) is 0 Å². The first kappa shape index (κ1) is 13.6. The van der Waals surface area contributed by atoms with Gasteiger partial charge in [-0.3, -0.25) is 4.98 Å². The summed E-state index contributed by atoms with van der Waals surface area (Å²) in [5.41, 5.74) is 3.77. The molecule has 3 N–H and O–H groups in total. The van der Waals surface area contributed by atoms with E-state index in [-0.39, 0.29) is 17.8 Å². The predicted molar refractivity (Wildman–Crippen MR) is 83.1 cm³/mol. The monoisotopic (exact) mass is 282 g/mol. The van der Waals surface area contributed by atoms with E-state index in [1.54, 1.807) is 6.20 Å². The first-order valence-electron chi connectivity index (χ1n) is 7.01. The van der Waals surface area contributed by atoms with E-state index in [0.717, 1.165) is 22.2 Å². The molecule has 0 spiro atoms. The first-order chi connectivity index (χ1) is 10.1. The highest BCUT2D eigenvalue weighted by molar-refractivity contribution is 5.75. The molecule has 108 valence electrons. The Morgan fingerprint density at radius 3 is 2.57 bits per heavy atom. The van der Waals surface area contributed by atoms with E-state index in [9.17, 15) is 4.79 Å². The summed E-state index contributed by atoms with van der Waals surface area (Å²) in [6.45, 7) is 4.23. The fraction of sp³-hybridized carbons (Fsp3) is 0.250. The molecule has 0 radical (unpaired) electrons. The van der Waals surface area contributed by atoms with Gasteiger partial charge in [-0.2, -0.15) is 0 Å². The number of fused-ring (bicyclic) bond motifs is 1. The van der Waals surface area contributed by atoms with Gasteiger partial charge in [-0.05, 0) is 43.2 Å². The molecule has 2 aromatic heterocycles. The van der Waals surface area contributed by atoms with Crippen molar-refractivity contribution in [3.8, 4) is 0 Å². The number of nitrogens with one attached hydrogen (secondary N) is 3. The number of aromatic nitrogens is 3. The van der Waals surface area contributed by atoms with Gasteiger partial charge in [0.15, 0.2) is 0 Å². The zero-order valence-electron chi connectivity index (χ0n) is 12.1. The van der Waals surface area contributed by atoms with Crippen molar-refractivity contribution in [1.29, 1.82) is 0 Å². The third-order valence-electron chi connectivity index (χ3n) is 3.72. The van der Waals surface area contributed by atoms with E-state index >= 15 is 0 Å². The minimum atomic E-state index is -0.175. The van der Waals surface area contributed by atoms with Crippen LogP contribution in [0.5, 0.6) is 0 Å². The van der Waals surface area contributed by atoms with E-state index in [1.165, 1.54) is 0 Å². The number of hydrogen-bond donors (Lipinski definition) is 3. The fourth-order valence-corrected chi connectivity index (χ4v) is 2.52. The highest BCUT2D eigenvalue weighted by atomic mass is 16.1. The maximum absolute atomic E-state index is 11.3. The van der Waals surface area contributed by atoms with Gasteiger partial charge in [0, 0.05) is 24.5 Å². The lowest BCUT2D eigenvalue weighted by atomic mass is 10.0. The zero-order valence-corrected chi connectivity index (χ0v) is 12.1. The van der Waals surface area contributed by atoms with Gasteiger partial charge in [0.2, 0.25) is 0 Å². The summed E-state index contributed by atoms with van der Waals surface area (Å²) in [6, 6.07) is 10.3. The van der Waals surface area contributed by atoms with Crippen molar-refractivity contribution in [1.82, 2.24) is 20.3 Å². The molecule has 2 heterocycles. The molecule has 5 nitrogen and oxygen atoms in total. The number of benzene rings is 1. The summed E-state index contributed by atoms with van der Waals surface area (Å²) in [5.74, 6) is 0. The number of nitrogens with zero attached hydrogens (tertiary/aromatic N) is 1. The molecule has 0 saturated carbocycles. The average Bonchev–Trinajstić information content (AvgIpc) is 2.87. The van der Waals surface area contributed by atoms with E-state index < -0.39 is 0 Å². The minimum Gasteiger partial charge on any atom is -0.306 e. The number of aromatic amines is 2. The van der Waals surface area contributed by atoms with Crippen LogP contribution in [0, 0.1) is 0 Å². The van der Waals surface area contributed by atoms with Gasteiger partial charge in [-0.1, -0.05) is 12.1 Å². The van der Waals surface area contributed by atoms with Crippen LogP contribution in [0.25, 0.3) is 11.0 Å². The molecule has 3 rings (SSSR count). The summed E-state index contributed by atoms with van der Waals surface area (Å²) >= 11 is 0. The quantitative estimate of drug-likeness (QED) is 0.688. The highest BCUT2D eigenvalue weighted by Crippen LogP contribution is 2.21. The Morgan fingerprint density at radius 2 is 1.81 bits per heavy atom. The molecule has 0 saturated heterocycles. The van der Waals surface area contributed by atoms with Crippen LogP contribution in [0.4, 0.5) is 0 Å². The Hall–Kier alpha value is -2.40. The Kier molecular flexibility index (Phi) is 3.58. The molecule has 0 aliphatic rings. The van der Waals surface area contributed by atoms with Gasteiger partial charge in [-0.25, -0.2) is 4.79 Å². The van der Waals surface area contributed by atoms with Crippen molar-refractivity contribution in [3.05, 3.63) is 64.3 Å². The van der Waals surface area contributed by atoms with Crippen LogP contribution < -0.4 is 11.0 Å². The standard InChI is InChI=1S/C16H18N4O/c1-10(18-11(2)13-4-3-7-17-9-13)12-5-6-14-15(8-12)20-16(21)19-14/h3-11,18H,1-2H3,(H2,19,20,21)/t10?,11-/m1/s1. The molecule has 0 amide bonds. The predicted octanol–water partition coefficient (Wildman–Crippen LogP) is 2.66. The lowest BCUT2D eigenvalue weighted by molar-refractivity contribution is 0.494.